The van der Waals surface area contributed by atoms with Gasteiger partial charge in [0.25, 0.3) is 0 Å². The number of carbonyl (C=O) groups excluding carboxylic acids is 1. The lowest BCUT2D eigenvalue weighted by atomic mass is 10.2. The van der Waals surface area contributed by atoms with E-state index >= 15 is 0 Å². The quantitative estimate of drug-likeness (QED) is 0.481. The minimum absolute atomic E-state index is 0.349. The van der Waals surface area contributed by atoms with Gasteiger partial charge in [-0.05, 0) is 25.7 Å². The number of allylic oxidation sites excluding steroid dienone is 1. The van der Waals surface area contributed by atoms with E-state index in [0.29, 0.717) is 5.91 Å². The normalized spacial score (nSPS) is 18.5. The van der Waals surface area contributed by atoms with E-state index in [2.05, 4.69) is 6.58 Å². The molecule has 1 rings (SSSR count). The van der Waals surface area contributed by atoms with E-state index in [-0.39, 0.29) is 0 Å². The number of carbonyl (C=O) groups is 1. The van der Waals surface area contributed by atoms with Crippen LogP contribution in [0.15, 0.2) is 12.7 Å². The van der Waals surface area contributed by atoms with Crippen LogP contribution in [0.2, 0.25) is 0 Å². The zero-order chi connectivity index (χ0) is 9.52. The first-order chi connectivity index (χ1) is 6.34. The summed E-state index contributed by atoms with van der Waals surface area (Å²) in [6.45, 7) is 5.57. The molecule has 0 unspecified atom stereocenters. The molecule has 1 heterocycles. The molecule has 0 saturated carbocycles. The van der Waals surface area contributed by atoms with E-state index in [0.717, 1.165) is 38.8 Å². The number of likely N-dealkylation sites (tertiary alicyclic amines) is 1. The van der Waals surface area contributed by atoms with Gasteiger partial charge in [-0.15, -0.1) is 6.58 Å². The van der Waals surface area contributed by atoms with Crippen molar-refractivity contribution in [2.45, 2.75) is 38.5 Å². The van der Waals surface area contributed by atoms with Crippen LogP contribution in [0.4, 0.5) is 0 Å². The molecule has 1 aliphatic rings. The summed E-state index contributed by atoms with van der Waals surface area (Å²) in [7, 11) is 0. The Bertz CT molecular complexity index is 177. The van der Waals surface area contributed by atoms with Gasteiger partial charge in [0.05, 0.1) is 0 Å². The zero-order valence-corrected chi connectivity index (χ0v) is 8.30. The summed E-state index contributed by atoms with van der Waals surface area (Å²) in [5.41, 5.74) is 0. The molecule has 0 aliphatic carbocycles. The Hall–Kier alpha value is -0.790. The first kappa shape index (κ1) is 10.3. The summed E-state index contributed by atoms with van der Waals surface area (Å²) in [6.07, 6.45) is 8.23. The number of hydrogen-bond donors (Lipinski definition) is 0. The standard InChI is InChI=1S/C11H19NO/c1-2-3-6-9-12-10-7-4-5-8-11(12)13/h2H,1,3-10H2. The molecule has 1 fully saturated rings. The van der Waals surface area contributed by atoms with E-state index in [4.69, 9.17) is 0 Å². The topological polar surface area (TPSA) is 20.3 Å². The summed E-state index contributed by atoms with van der Waals surface area (Å²) in [5, 5.41) is 0. The highest BCUT2D eigenvalue weighted by atomic mass is 16.2. The summed E-state index contributed by atoms with van der Waals surface area (Å²) in [5.74, 6) is 0.349. The summed E-state index contributed by atoms with van der Waals surface area (Å²) in [6, 6.07) is 0. The second-order valence-electron chi connectivity index (χ2n) is 3.62. The van der Waals surface area contributed by atoms with Crippen LogP contribution in [0.5, 0.6) is 0 Å². The smallest absolute Gasteiger partial charge is 0.222 e. The van der Waals surface area contributed by atoms with Crippen LogP contribution >= 0.6 is 0 Å². The van der Waals surface area contributed by atoms with Crippen LogP contribution in [-0.4, -0.2) is 23.9 Å². The molecule has 2 nitrogen and oxygen atoms in total. The molecule has 0 atom stereocenters. The van der Waals surface area contributed by atoms with E-state index in [1.807, 2.05) is 11.0 Å². The molecule has 1 amide bonds. The number of nitrogens with zero attached hydrogens (tertiary/aromatic N) is 1. The molecular weight excluding hydrogens is 162 g/mol. The molecule has 0 aromatic rings. The predicted octanol–water partition coefficient (Wildman–Crippen LogP) is 2.36. The SMILES string of the molecule is C=CCCCN1CCCCCC1=O. The third kappa shape index (κ3) is 3.62. The highest BCUT2D eigenvalue weighted by Crippen LogP contribution is 2.11. The number of rotatable bonds is 4. The van der Waals surface area contributed by atoms with E-state index in [9.17, 15) is 4.79 Å². The number of hydrogen-bond acceptors (Lipinski definition) is 1. The van der Waals surface area contributed by atoms with Gasteiger partial charge in [-0.2, -0.15) is 0 Å². The van der Waals surface area contributed by atoms with Crippen molar-refractivity contribution < 1.29 is 4.79 Å². The predicted molar refractivity (Wildman–Crippen MR) is 54.5 cm³/mol. The van der Waals surface area contributed by atoms with Crippen LogP contribution < -0.4 is 0 Å². The highest BCUT2D eigenvalue weighted by molar-refractivity contribution is 5.76. The summed E-state index contributed by atoms with van der Waals surface area (Å²) < 4.78 is 0. The van der Waals surface area contributed by atoms with Crippen LogP contribution in [0.3, 0.4) is 0 Å². The van der Waals surface area contributed by atoms with Crippen molar-refractivity contribution in [1.82, 2.24) is 4.90 Å². The molecule has 0 aromatic heterocycles. The molecule has 1 saturated heterocycles. The summed E-state index contributed by atoms with van der Waals surface area (Å²) in [4.78, 5) is 13.5. The van der Waals surface area contributed by atoms with Crippen LogP contribution in [0.1, 0.15) is 38.5 Å². The zero-order valence-electron chi connectivity index (χ0n) is 8.30. The van der Waals surface area contributed by atoms with Crippen molar-refractivity contribution in [2.75, 3.05) is 13.1 Å². The number of unbranched alkanes of at least 4 members (excludes halogenated alkanes) is 1. The van der Waals surface area contributed by atoms with Gasteiger partial charge in [0.2, 0.25) is 5.91 Å². The monoisotopic (exact) mass is 181 g/mol. The van der Waals surface area contributed by atoms with Crippen molar-refractivity contribution in [2.24, 2.45) is 0 Å². The third-order valence-corrected chi connectivity index (χ3v) is 2.51. The molecule has 1 aliphatic heterocycles. The van der Waals surface area contributed by atoms with E-state index in [1.165, 1.54) is 12.8 Å². The van der Waals surface area contributed by atoms with E-state index in [1.54, 1.807) is 0 Å². The van der Waals surface area contributed by atoms with Crippen LogP contribution in [0.25, 0.3) is 0 Å². The fraction of sp³-hybridized carbons (Fsp3) is 0.727. The molecule has 0 bridgehead atoms. The maximum Gasteiger partial charge on any atom is 0.222 e. The van der Waals surface area contributed by atoms with Crippen molar-refractivity contribution in [3.8, 4) is 0 Å². The maximum absolute atomic E-state index is 11.5. The van der Waals surface area contributed by atoms with Crippen molar-refractivity contribution in [3.05, 3.63) is 12.7 Å². The fourth-order valence-corrected chi connectivity index (χ4v) is 1.70. The minimum Gasteiger partial charge on any atom is -0.343 e. The van der Waals surface area contributed by atoms with Gasteiger partial charge < -0.3 is 4.90 Å². The first-order valence-electron chi connectivity index (χ1n) is 5.23. The Morgan fingerprint density at radius 2 is 2.23 bits per heavy atom. The van der Waals surface area contributed by atoms with Crippen molar-refractivity contribution in [1.29, 1.82) is 0 Å². The molecule has 0 aromatic carbocycles. The molecule has 13 heavy (non-hydrogen) atoms. The lowest BCUT2D eigenvalue weighted by molar-refractivity contribution is -0.130. The average molecular weight is 181 g/mol. The Labute approximate surface area is 80.6 Å². The largest absolute Gasteiger partial charge is 0.343 e. The van der Waals surface area contributed by atoms with Gasteiger partial charge in [-0.3, -0.25) is 4.79 Å². The average Bonchev–Trinajstić information content (AvgIpc) is 2.32. The third-order valence-electron chi connectivity index (χ3n) is 2.51. The molecule has 2 heteroatoms. The van der Waals surface area contributed by atoms with Gasteiger partial charge in [-0.25, -0.2) is 0 Å². The maximum atomic E-state index is 11.5. The van der Waals surface area contributed by atoms with Crippen molar-refractivity contribution in [3.63, 3.8) is 0 Å². The number of amides is 1. The van der Waals surface area contributed by atoms with Crippen LogP contribution in [-0.2, 0) is 4.79 Å². The highest BCUT2D eigenvalue weighted by Gasteiger charge is 2.14. The second kappa shape index (κ2) is 5.79. The van der Waals surface area contributed by atoms with Gasteiger partial charge in [-0.1, -0.05) is 12.5 Å². The summed E-state index contributed by atoms with van der Waals surface area (Å²) >= 11 is 0. The minimum atomic E-state index is 0.349. The Morgan fingerprint density at radius 1 is 1.38 bits per heavy atom. The van der Waals surface area contributed by atoms with E-state index < -0.39 is 0 Å². The van der Waals surface area contributed by atoms with Gasteiger partial charge in [0.1, 0.15) is 0 Å². The fourth-order valence-electron chi connectivity index (χ4n) is 1.70. The lowest BCUT2D eigenvalue weighted by Gasteiger charge is -2.19. The molecule has 74 valence electrons. The Balaban J connectivity index is 2.27. The molecule has 0 spiro atoms. The molecular formula is C11H19NO. The van der Waals surface area contributed by atoms with Gasteiger partial charge >= 0.3 is 0 Å². The van der Waals surface area contributed by atoms with Crippen molar-refractivity contribution >= 4 is 5.91 Å². The Morgan fingerprint density at radius 3 is 3.00 bits per heavy atom. The van der Waals surface area contributed by atoms with Crippen LogP contribution in [0, 0.1) is 0 Å². The lowest BCUT2D eigenvalue weighted by Crippen LogP contribution is -2.31. The molecule has 0 radical (unpaired) electrons. The second-order valence-corrected chi connectivity index (χ2v) is 3.62. The first-order valence-corrected chi connectivity index (χ1v) is 5.23. The molecule has 0 N–H and O–H groups in total. The van der Waals surface area contributed by atoms with Gasteiger partial charge in [0, 0.05) is 19.5 Å². The van der Waals surface area contributed by atoms with Gasteiger partial charge in [0.15, 0.2) is 0 Å². The Kier molecular flexibility index (Phi) is 4.58.